The van der Waals surface area contributed by atoms with Crippen LogP contribution < -0.4 is 9.47 Å². The summed E-state index contributed by atoms with van der Waals surface area (Å²) in [6.07, 6.45) is 1.76. The van der Waals surface area contributed by atoms with Crippen molar-refractivity contribution in [3.63, 3.8) is 0 Å². The van der Waals surface area contributed by atoms with E-state index in [0.717, 1.165) is 22.4 Å². The van der Waals surface area contributed by atoms with Crippen LogP contribution in [0.4, 0.5) is 10.1 Å². The zero-order chi connectivity index (χ0) is 20.8. The Kier molecular flexibility index (Phi) is 6.89. The summed E-state index contributed by atoms with van der Waals surface area (Å²) in [5, 5.41) is 0.412. The maximum atomic E-state index is 13.4. The van der Waals surface area contributed by atoms with Crippen molar-refractivity contribution in [2.24, 2.45) is 4.99 Å². The number of aliphatic imine (C=N–C) groups is 1. The van der Waals surface area contributed by atoms with Crippen LogP contribution in [0, 0.1) is 19.7 Å². The minimum Gasteiger partial charge on any atom is -0.490 e. The van der Waals surface area contributed by atoms with Gasteiger partial charge in [0.2, 0.25) is 0 Å². The van der Waals surface area contributed by atoms with Gasteiger partial charge in [0.15, 0.2) is 11.5 Å². The molecule has 3 aromatic carbocycles. The molecule has 0 aliphatic heterocycles. The summed E-state index contributed by atoms with van der Waals surface area (Å²) in [5.41, 5.74) is 4.67. The number of rotatable bonds is 7. The van der Waals surface area contributed by atoms with Crippen molar-refractivity contribution in [3.05, 3.63) is 87.7 Å². The van der Waals surface area contributed by atoms with E-state index in [2.05, 4.69) is 11.1 Å². The predicted molar refractivity (Wildman–Crippen MR) is 117 cm³/mol. The highest BCUT2D eigenvalue weighted by Crippen LogP contribution is 2.37. The van der Waals surface area contributed by atoms with Crippen LogP contribution in [0.15, 0.2) is 59.6 Å². The number of hydrogen-bond acceptors (Lipinski definition) is 3. The molecule has 3 aromatic rings. The summed E-state index contributed by atoms with van der Waals surface area (Å²) in [6, 6.07) is 16.0. The third-order valence-electron chi connectivity index (χ3n) is 4.32. The van der Waals surface area contributed by atoms with Gasteiger partial charge in [-0.05, 0) is 73.4 Å². The fourth-order valence-corrected chi connectivity index (χ4v) is 3.12. The summed E-state index contributed by atoms with van der Waals surface area (Å²) in [4.78, 5) is 4.59. The first-order valence-electron chi connectivity index (χ1n) is 9.41. The lowest BCUT2D eigenvalue weighted by Gasteiger charge is -2.14. The Balaban J connectivity index is 1.85. The monoisotopic (exact) mass is 411 g/mol. The van der Waals surface area contributed by atoms with Crippen LogP contribution in [0.1, 0.15) is 29.2 Å². The molecule has 0 amide bonds. The Labute approximate surface area is 175 Å². The molecule has 0 N–H and O–H groups in total. The molecule has 0 aromatic heterocycles. The molecular formula is C24H23ClFNO2. The van der Waals surface area contributed by atoms with Crippen molar-refractivity contribution in [3.8, 4) is 11.5 Å². The van der Waals surface area contributed by atoms with E-state index in [-0.39, 0.29) is 12.4 Å². The van der Waals surface area contributed by atoms with Gasteiger partial charge in [-0.3, -0.25) is 4.99 Å². The molecule has 29 heavy (non-hydrogen) atoms. The van der Waals surface area contributed by atoms with Gasteiger partial charge in [-0.25, -0.2) is 4.39 Å². The second-order valence-corrected chi connectivity index (χ2v) is 7.14. The Bertz CT molecular complexity index is 1030. The highest BCUT2D eigenvalue weighted by Gasteiger charge is 2.13. The fraction of sp³-hybridized carbons (Fsp3) is 0.208. The maximum absolute atomic E-state index is 13.4. The van der Waals surface area contributed by atoms with E-state index >= 15 is 0 Å². The van der Waals surface area contributed by atoms with Crippen molar-refractivity contribution in [2.75, 3.05) is 6.61 Å². The summed E-state index contributed by atoms with van der Waals surface area (Å²) < 4.78 is 24.9. The van der Waals surface area contributed by atoms with Crippen LogP contribution in [0.3, 0.4) is 0 Å². The molecular weight excluding hydrogens is 389 g/mol. The van der Waals surface area contributed by atoms with E-state index < -0.39 is 0 Å². The van der Waals surface area contributed by atoms with Gasteiger partial charge in [-0.2, -0.15) is 0 Å². The first-order valence-corrected chi connectivity index (χ1v) is 9.79. The maximum Gasteiger partial charge on any atom is 0.180 e. The smallest absolute Gasteiger partial charge is 0.180 e. The average molecular weight is 412 g/mol. The van der Waals surface area contributed by atoms with Gasteiger partial charge in [-0.1, -0.05) is 35.9 Å². The second kappa shape index (κ2) is 9.57. The molecule has 0 aliphatic rings. The van der Waals surface area contributed by atoms with Gasteiger partial charge in [-0.15, -0.1) is 0 Å². The second-order valence-electron chi connectivity index (χ2n) is 6.73. The molecule has 150 valence electrons. The summed E-state index contributed by atoms with van der Waals surface area (Å²) >= 11 is 6.47. The third-order valence-corrected chi connectivity index (χ3v) is 4.60. The number of aryl methyl sites for hydroxylation is 2. The topological polar surface area (TPSA) is 30.8 Å². The zero-order valence-corrected chi connectivity index (χ0v) is 17.5. The van der Waals surface area contributed by atoms with Crippen LogP contribution >= 0.6 is 11.6 Å². The SMILES string of the molecule is CCOc1cc(C=Nc2cc(C)ccc2C)cc(Cl)c1OCc1cccc(F)c1. The van der Waals surface area contributed by atoms with Crippen molar-refractivity contribution >= 4 is 23.5 Å². The van der Waals surface area contributed by atoms with Crippen molar-refractivity contribution in [1.82, 2.24) is 0 Å². The van der Waals surface area contributed by atoms with Crippen molar-refractivity contribution in [2.45, 2.75) is 27.4 Å². The van der Waals surface area contributed by atoms with Crippen LogP contribution in [0.2, 0.25) is 5.02 Å². The zero-order valence-electron chi connectivity index (χ0n) is 16.7. The van der Waals surface area contributed by atoms with E-state index in [1.54, 1.807) is 24.4 Å². The number of halogens is 2. The first-order chi connectivity index (χ1) is 14.0. The van der Waals surface area contributed by atoms with E-state index in [1.807, 2.05) is 39.0 Å². The molecule has 0 fully saturated rings. The molecule has 3 nitrogen and oxygen atoms in total. The first kappa shape index (κ1) is 20.9. The fourth-order valence-electron chi connectivity index (χ4n) is 2.85. The molecule has 0 bridgehead atoms. The van der Waals surface area contributed by atoms with E-state index in [4.69, 9.17) is 21.1 Å². The Morgan fingerprint density at radius 2 is 1.86 bits per heavy atom. The quantitative estimate of drug-likeness (QED) is 0.399. The van der Waals surface area contributed by atoms with E-state index in [1.165, 1.54) is 12.1 Å². The van der Waals surface area contributed by atoms with Crippen LogP contribution in [0.5, 0.6) is 11.5 Å². The lowest BCUT2D eigenvalue weighted by Crippen LogP contribution is -2.01. The lowest BCUT2D eigenvalue weighted by atomic mass is 10.1. The summed E-state index contributed by atoms with van der Waals surface area (Å²) in [6.45, 7) is 6.60. The van der Waals surface area contributed by atoms with Crippen molar-refractivity contribution < 1.29 is 13.9 Å². The number of hydrogen-bond donors (Lipinski definition) is 0. The van der Waals surface area contributed by atoms with Crippen LogP contribution in [-0.4, -0.2) is 12.8 Å². The predicted octanol–water partition coefficient (Wildman–Crippen LogP) is 6.82. The minimum atomic E-state index is -0.305. The Hall–Kier alpha value is -2.85. The average Bonchev–Trinajstić information content (AvgIpc) is 2.68. The van der Waals surface area contributed by atoms with Gasteiger partial charge < -0.3 is 9.47 Å². The van der Waals surface area contributed by atoms with Crippen LogP contribution in [0.25, 0.3) is 0 Å². The molecule has 0 radical (unpaired) electrons. The third kappa shape index (κ3) is 5.58. The largest absolute Gasteiger partial charge is 0.490 e. The molecule has 3 rings (SSSR count). The van der Waals surface area contributed by atoms with E-state index in [0.29, 0.717) is 28.7 Å². The molecule has 0 atom stereocenters. The highest BCUT2D eigenvalue weighted by atomic mass is 35.5. The lowest BCUT2D eigenvalue weighted by molar-refractivity contribution is 0.269. The molecule has 0 aliphatic carbocycles. The molecule has 0 saturated carbocycles. The molecule has 0 unspecified atom stereocenters. The number of nitrogens with zero attached hydrogens (tertiary/aromatic N) is 1. The summed E-state index contributed by atoms with van der Waals surface area (Å²) in [7, 11) is 0. The molecule has 0 heterocycles. The number of ether oxygens (including phenoxy) is 2. The molecule has 0 saturated heterocycles. The van der Waals surface area contributed by atoms with Gasteiger partial charge in [0, 0.05) is 6.21 Å². The normalized spacial score (nSPS) is 11.1. The van der Waals surface area contributed by atoms with Gasteiger partial charge in [0.1, 0.15) is 12.4 Å². The van der Waals surface area contributed by atoms with Crippen LogP contribution in [-0.2, 0) is 6.61 Å². The Morgan fingerprint density at radius 1 is 1.03 bits per heavy atom. The van der Waals surface area contributed by atoms with Gasteiger partial charge in [0.25, 0.3) is 0 Å². The molecule has 5 heteroatoms. The van der Waals surface area contributed by atoms with E-state index in [9.17, 15) is 4.39 Å². The highest BCUT2D eigenvalue weighted by molar-refractivity contribution is 6.32. The minimum absolute atomic E-state index is 0.188. The number of benzene rings is 3. The van der Waals surface area contributed by atoms with Crippen molar-refractivity contribution in [1.29, 1.82) is 0 Å². The Morgan fingerprint density at radius 3 is 2.62 bits per heavy atom. The summed E-state index contributed by atoms with van der Waals surface area (Å²) in [5.74, 6) is 0.653. The van der Waals surface area contributed by atoms with Gasteiger partial charge in [0.05, 0.1) is 17.3 Å². The molecule has 0 spiro atoms. The standard InChI is InChI=1S/C24H23ClFNO2/c1-4-28-23-13-19(14-27-22-10-16(2)8-9-17(22)3)12-21(25)24(23)29-15-18-6-5-7-20(26)11-18/h5-14H,4,15H2,1-3H3. The van der Waals surface area contributed by atoms with Gasteiger partial charge >= 0.3 is 0 Å².